The molecule has 6 nitrogen and oxygen atoms in total. The van der Waals surface area contributed by atoms with Crippen LogP contribution in [-0.4, -0.2) is 51.8 Å². The van der Waals surface area contributed by atoms with Crippen LogP contribution in [-0.2, 0) is 11.3 Å². The van der Waals surface area contributed by atoms with Crippen LogP contribution in [0, 0.1) is 5.92 Å². The molecule has 1 aromatic carbocycles. The Labute approximate surface area is 144 Å². The number of nitrogens with zero attached hydrogens (tertiary/aromatic N) is 1. The molecule has 6 heteroatoms. The van der Waals surface area contributed by atoms with Gasteiger partial charge in [-0.15, -0.1) is 0 Å². The van der Waals surface area contributed by atoms with E-state index in [2.05, 4.69) is 17.1 Å². The van der Waals surface area contributed by atoms with Gasteiger partial charge in [0.25, 0.3) is 0 Å². The van der Waals surface area contributed by atoms with Crippen LogP contribution in [0.3, 0.4) is 0 Å². The van der Waals surface area contributed by atoms with Gasteiger partial charge in [-0.25, -0.2) is 0 Å². The smallest absolute Gasteiger partial charge is 0.234 e. The maximum absolute atomic E-state index is 12.2. The lowest BCUT2D eigenvalue weighted by atomic mass is 10.1. The Morgan fingerprint density at radius 1 is 1.17 bits per heavy atom. The predicted molar refractivity (Wildman–Crippen MR) is 92.8 cm³/mol. The molecular formula is C18H28N2O4. The van der Waals surface area contributed by atoms with Crippen molar-refractivity contribution < 1.29 is 19.0 Å². The van der Waals surface area contributed by atoms with E-state index in [9.17, 15) is 4.79 Å². The fraction of sp³-hybridized carbons (Fsp3) is 0.611. The molecule has 0 bridgehead atoms. The maximum atomic E-state index is 12.2. The first-order valence-corrected chi connectivity index (χ1v) is 8.26. The van der Waals surface area contributed by atoms with Crippen LogP contribution in [0.15, 0.2) is 12.1 Å². The van der Waals surface area contributed by atoms with Gasteiger partial charge in [0.15, 0.2) is 11.5 Å². The molecule has 1 aliphatic carbocycles. The monoisotopic (exact) mass is 336 g/mol. The lowest BCUT2D eigenvalue weighted by Crippen LogP contribution is -2.40. The van der Waals surface area contributed by atoms with Gasteiger partial charge in [0.1, 0.15) is 5.75 Å². The molecule has 2 rings (SSSR count). The number of rotatable bonds is 9. The van der Waals surface area contributed by atoms with E-state index in [-0.39, 0.29) is 5.91 Å². The highest BCUT2D eigenvalue weighted by atomic mass is 16.5. The van der Waals surface area contributed by atoms with Crippen molar-refractivity contribution >= 4 is 5.91 Å². The maximum Gasteiger partial charge on any atom is 0.234 e. The highest BCUT2D eigenvalue weighted by molar-refractivity contribution is 5.78. The molecule has 0 radical (unpaired) electrons. The van der Waals surface area contributed by atoms with E-state index in [1.165, 1.54) is 12.8 Å². The Bertz CT molecular complexity index is 572. The Kier molecular flexibility index (Phi) is 6.31. The van der Waals surface area contributed by atoms with Gasteiger partial charge >= 0.3 is 0 Å². The number of ether oxygens (including phenoxy) is 3. The summed E-state index contributed by atoms with van der Waals surface area (Å²) >= 11 is 0. The molecular weight excluding hydrogens is 308 g/mol. The number of hydrogen-bond acceptors (Lipinski definition) is 5. The fourth-order valence-electron chi connectivity index (χ4n) is 2.79. The minimum Gasteiger partial charge on any atom is -0.496 e. The average molecular weight is 336 g/mol. The number of nitrogens with one attached hydrogen (secondary N) is 1. The molecule has 0 aromatic heterocycles. The number of hydrogen-bond donors (Lipinski definition) is 1. The molecule has 1 aliphatic rings. The molecule has 1 fully saturated rings. The van der Waals surface area contributed by atoms with Crippen LogP contribution < -0.4 is 19.5 Å². The summed E-state index contributed by atoms with van der Waals surface area (Å²) < 4.78 is 16.0. The quantitative estimate of drug-likeness (QED) is 0.748. The minimum absolute atomic E-state index is 0.00170. The molecule has 134 valence electrons. The van der Waals surface area contributed by atoms with E-state index in [0.717, 1.165) is 11.5 Å². The molecule has 0 spiro atoms. The third-order valence-electron chi connectivity index (χ3n) is 4.66. The van der Waals surface area contributed by atoms with Crippen LogP contribution in [0.4, 0.5) is 0 Å². The Balaban J connectivity index is 1.96. The lowest BCUT2D eigenvalue weighted by Gasteiger charge is -2.24. The summed E-state index contributed by atoms with van der Waals surface area (Å²) in [5.41, 5.74) is 0.849. The molecule has 0 aliphatic heterocycles. The van der Waals surface area contributed by atoms with Crippen molar-refractivity contribution in [1.29, 1.82) is 0 Å². The van der Waals surface area contributed by atoms with Crippen LogP contribution in [0.1, 0.15) is 25.3 Å². The first-order chi connectivity index (χ1) is 11.5. The van der Waals surface area contributed by atoms with Crippen molar-refractivity contribution in [3.8, 4) is 17.2 Å². The van der Waals surface area contributed by atoms with Crippen LogP contribution in [0.5, 0.6) is 17.2 Å². The number of methoxy groups -OCH3 is 3. The van der Waals surface area contributed by atoms with Crippen LogP contribution in [0.2, 0.25) is 0 Å². The van der Waals surface area contributed by atoms with Gasteiger partial charge in [0, 0.05) is 24.2 Å². The zero-order valence-electron chi connectivity index (χ0n) is 15.2. The first kappa shape index (κ1) is 18.4. The predicted octanol–water partition coefficient (Wildman–Crippen LogP) is 2.06. The van der Waals surface area contributed by atoms with E-state index >= 15 is 0 Å². The van der Waals surface area contributed by atoms with Crippen LogP contribution >= 0.6 is 0 Å². The molecule has 1 unspecified atom stereocenters. The van der Waals surface area contributed by atoms with Gasteiger partial charge in [0.05, 0.1) is 27.9 Å². The zero-order chi connectivity index (χ0) is 17.7. The summed E-state index contributed by atoms with van der Waals surface area (Å²) in [4.78, 5) is 14.3. The highest BCUT2D eigenvalue weighted by Gasteiger charge is 2.30. The summed E-state index contributed by atoms with van der Waals surface area (Å²) in [5, 5.41) is 2.95. The highest BCUT2D eigenvalue weighted by Crippen LogP contribution is 2.35. The summed E-state index contributed by atoms with van der Waals surface area (Å²) in [5.74, 6) is 2.62. The number of benzene rings is 1. The third-order valence-corrected chi connectivity index (χ3v) is 4.66. The minimum atomic E-state index is 0.00170. The molecule has 0 heterocycles. The number of likely N-dealkylation sites (N-methyl/N-ethyl adjacent to an activating group) is 1. The molecule has 1 amide bonds. The summed E-state index contributed by atoms with van der Waals surface area (Å²) in [6, 6.07) is 4.04. The molecule has 24 heavy (non-hydrogen) atoms. The lowest BCUT2D eigenvalue weighted by molar-refractivity contribution is -0.122. The van der Waals surface area contributed by atoms with Crippen molar-refractivity contribution in [2.75, 3.05) is 34.9 Å². The van der Waals surface area contributed by atoms with E-state index in [0.29, 0.717) is 36.4 Å². The Morgan fingerprint density at radius 3 is 2.29 bits per heavy atom. The number of amides is 1. The van der Waals surface area contributed by atoms with E-state index in [4.69, 9.17) is 14.2 Å². The zero-order valence-corrected chi connectivity index (χ0v) is 15.2. The van der Waals surface area contributed by atoms with Gasteiger partial charge < -0.3 is 19.5 Å². The Morgan fingerprint density at radius 2 is 1.75 bits per heavy atom. The second-order valence-electron chi connectivity index (χ2n) is 6.29. The Hall–Kier alpha value is -1.95. The van der Waals surface area contributed by atoms with E-state index in [1.54, 1.807) is 27.4 Å². The second kappa shape index (κ2) is 8.24. The molecule has 1 atom stereocenters. The van der Waals surface area contributed by atoms with Crippen molar-refractivity contribution in [2.45, 2.75) is 32.4 Å². The summed E-state index contributed by atoms with van der Waals surface area (Å²) in [7, 11) is 6.76. The van der Waals surface area contributed by atoms with Crippen molar-refractivity contribution in [1.82, 2.24) is 10.2 Å². The van der Waals surface area contributed by atoms with E-state index in [1.807, 2.05) is 13.1 Å². The molecule has 1 N–H and O–H groups in total. The van der Waals surface area contributed by atoms with Crippen molar-refractivity contribution in [3.05, 3.63) is 17.7 Å². The van der Waals surface area contributed by atoms with Gasteiger partial charge in [-0.1, -0.05) is 0 Å². The molecule has 0 saturated heterocycles. The second-order valence-corrected chi connectivity index (χ2v) is 6.29. The normalized spacial score (nSPS) is 15.1. The first-order valence-electron chi connectivity index (χ1n) is 8.26. The SMILES string of the molecule is COc1cc(OC)c(OC)cc1CNC(=O)CN(C)C(C)C1CC1. The molecule has 1 saturated carbocycles. The van der Waals surface area contributed by atoms with Gasteiger partial charge in [0.2, 0.25) is 5.91 Å². The van der Waals surface area contributed by atoms with Crippen molar-refractivity contribution in [3.63, 3.8) is 0 Å². The topological polar surface area (TPSA) is 60.0 Å². The average Bonchev–Trinajstić information content (AvgIpc) is 3.43. The van der Waals surface area contributed by atoms with Gasteiger partial charge in [-0.2, -0.15) is 0 Å². The van der Waals surface area contributed by atoms with Gasteiger partial charge in [-0.3, -0.25) is 9.69 Å². The standard InChI is InChI=1S/C18H28N2O4/c1-12(13-6-7-13)20(2)11-18(21)19-10-14-8-16(23-4)17(24-5)9-15(14)22-3/h8-9,12-13H,6-7,10-11H2,1-5H3,(H,19,21). The van der Waals surface area contributed by atoms with E-state index < -0.39 is 0 Å². The third kappa shape index (κ3) is 4.54. The number of carbonyl (C=O) groups excluding carboxylic acids is 1. The van der Waals surface area contributed by atoms with Crippen LogP contribution in [0.25, 0.3) is 0 Å². The molecule has 1 aromatic rings. The number of carbonyl (C=O) groups is 1. The fourth-order valence-corrected chi connectivity index (χ4v) is 2.79. The van der Waals surface area contributed by atoms with Crippen molar-refractivity contribution in [2.24, 2.45) is 5.92 Å². The summed E-state index contributed by atoms with van der Waals surface area (Å²) in [6.45, 7) is 2.96. The largest absolute Gasteiger partial charge is 0.496 e. The summed E-state index contributed by atoms with van der Waals surface area (Å²) in [6.07, 6.45) is 2.55. The van der Waals surface area contributed by atoms with Gasteiger partial charge in [-0.05, 0) is 38.8 Å².